The van der Waals surface area contributed by atoms with Crippen molar-refractivity contribution < 1.29 is 18.4 Å². The van der Waals surface area contributed by atoms with E-state index in [1.807, 2.05) is 13.8 Å². The molecule has 1 aromatic carbocycles. The molecule has 1 aromatic heterocycles. The summed E-state index contributed by atoms with van der Waals surface area (Å²) in [5, 5.41) is 5.27. The molecule has 0 bridgehead atoms. The van der Waals surface area contributed by atoms with E-state index in [0.29, 0.717) is 12.2 Å². The van der Waals surface area contributed by atoms with Crippen LogP contribution in [0.2, 0.25) is 5.02 Å². The Morgan fingerprint density at radius 3 is 2.60 bits per heavy atom. The van der Waals surface area contributed by atoms with Crippen molar-refractivity contribution in [2.45, 2.75) is 32.9 Å². The molecule has 0 spiro atoms. The van der Waals surface area contributed by atoms with Crippen molar-refractivity contribution in [3.8, 4) is 0 Å². The van der Waals surface area contributed by atoms with Crippen LogP contribution in [0, 0.1) is 11.7 Å². The molecule has 5 nitrogen and oxygen atoms in total. The van der Waals surface area contributed by atoms with E-state index < -0.39 is 17.8 Å². The van der Waals surface area contributed by atoms with E-state index >= 15 is 0 Å². The Morgan fingerprint density at radius 2 is 2.00 bits per heavy atom. The second kappa shape index (κ2) is 8.67. The molecule has 0 saturated heterocycles. The van der Waals surface area contributed by atoms with Crippen molar-refractivity contribution in [1.82, 2.24) is 10.6 Å². The largest absolute Gasteiger partial charge is 0.467 e. The minimum Gasteiger partial charge on any atom is -0.467 e. The number of carbonyl (C=O) groups is 2. The average Bonchev–Trinajstić information content (AvgIpc) is 3.04. The summed E-state index contributed by atoms with van der Waals surface area (Å²) in [7, 11) is 0. The Morgan fingerprint density at radius 1 is 1.24 bits per heavy atom. The second-order valence-corrected chi connectivity index (χ2v) is 6.46. The second-order valence-electron chi connectivity index (χ2n) is 6.05. The fourth-order valence-electron chi connectivity index (χ4n) is 2.36. The molecule has 0 aliphatic carbocycles. The maximum absolute atomic E-state index is 13.9. The highest BCUT2D eigenvalue weighted by atomic mass is 35.5. The van der Waals surface area contributed by atoms with Gasteiger partial charge in [0.1, 0.15) is 17.6 Å². The first-order valence-corrected chi connectivity index (χ1v) is 8.31. The lowest BCUT2D eigenvalue weighted by atomic mass is 10.0. The summed E-state index contributed by atoms with van der Waals surface area (Å²) >= 11 is 5.91. The monoisotopic (exact) mass is 366 g/mol. The number of hydrogen-bond donors (Lipinski definition) is 2. The highest BCUT2D eigenvalue weighted by Crippen LogP contribution is 2.19. The molecule has 25 heavy (non-hydrogen) atoms. The number of benzene rings is 1. The van der Waals surface area contributed by atoms with E-state index in [4.69, 9.17) is 16.0 Å². The number of halogens is 2. The zero-order valence-electron chi connectivity index (χ0n) is 14.0. The molecule has 0 aliphatic heterocycles. The Bertz CT molecular complexity index is 712. The predicted molar refractivity (Wildman–Crippen MR) is 92.7 cm³/mol. The highest BCUT2D eigenvalue weighted by Gasteiger charge is 2.25. The Balaban J connectivity index is 2.08. The standard InChI is InChI=1S/C18H20ClFN2O3/c1-11(2)9-15(17(23)21-10-12-5-4-8-25-12)22-18(24)16-13(19)6-3-7-14(16)20/h3-8,11,15H,9-10H2,1-2H3,(H,21,23)(H,22,24)/t15-/m1/s1. The Hall–Kier alpha value is -2.34. The molecule has 7 heteroatoms. The van der Waals surface area contributed by atoms with Crippen LogP contribution in [0.3, 0.4) is 0 Å². The summed E-state index contributed by atoms with van der Waals surface area (Å²) < 4.78 is 19.0. The number of hydrogen-bond acceptors (Lipinski definition) is 3. The molecule has 2 rings (SSSR count). The van der Waals surface area contributed by atoms with Gasteiger partial charge in [-0.05, 0) is 36.6 Å². The van der Waals surface area contributed by atoms with E-state index in [1.54, 1.807) is 12.1 Å². The first-order valence-electron chi connectivity index (χ1n) is 7.93. The molecule has 0 unspecified atom stereocenters. The third-order valence-electron chi connectivity index (χ3n) is 3.54. The number of furan rings is 1. The van der Waals surface area contributed by atoms with Crippen molar-refractivity contribution in [1.29, 1.82) is 0 Å². The number of carbonyl (C=O) groups excluding carboxylic acids is 2. The lowest BCUT2D eigenvalue weighted by Gasteiger charge is -2.20. The van der Waals surface area contributed by atoms with Crippen LogP contribution < -0.4 is 10.6 Å². The van der Waals surface area contributed by atoms with Crippen molar-refractivity contribution >= 4 is 23.4 Å². The van der Waals surface area contributed by atoms with Crippen LogP contribution >= 0.6 is 11.6 Å². The van der Waals surface area contributed by atoms with Crippen LogP contribution in [0.15, 0.2) is 41.0 Å². The van der Waals surface area contributed by atoms with E-state index in [-0.39, 0.29) is 29.0 Å². The Kier molecular flexibility index (Phi) is 6.58. The van der Waals surface area contributed by atoms with Crippen molar-refractivity contribution in [3.63, 3.8) is 0 Å². The summed E-state index contributed by atoms with van der Waals surface area (Å²) in [6, 6.07) is 6.63. The fourth-order valence-corrected chi connectivity index (χ4v) is 2.61. The SMILES string of the molecule is CC(C)C[C@@H](NC(=O)c1c(F)cccc1Cl)C(=O)NCc1ccco1. The van der Waals surface area contributed by atoms with Gasteiger partial charge in [0.15, 0.2) is 0 Å². The summed E-state index contributed by atoms with van der Waals surface area (Å²) in [6.45, 7) is 4.06. The minimum atomic E-state index is -0.807. The molecule has 0 fully saturated rings. The fraction of sp³-hybridized carbons (Fsp3) is 0.333. The normalized spacial score (nSPS) is 12.0. The van der Waals surface area contributed by atoms with Gasteiger partial charge in [-0.25, -0.2) is 4.39 Å². The molecular formula is C18H20ClFN2O3. The van der Waals surface area contributed by atoms with E-state index in [2.05, 4.69) is 10.6 Å². The van der Waals surface area contributed by atoms with Crippen LogP contribution in [0.5, 0.6) is 0 Å². The van der Waals surface area contributed by atoms with Gasteiger partial charge < -0.3 is 15.1 Å². The minimum absolute atomic E-state index is 0.00297. The molecule has 1 atom stereocenters. The molecule has 0 aliphatic rings. The highest BCUT2D eigenvalue weighted by molar-refractivity contribution is 6.33. The summed E-state index contributed by atoms with van der Waals surface area (Å²) in [5.41, 5.74) is -0.267. The van der Waals surface area contributed by atoms with Crippen LogP contribution in [-0.2, 0) is 11.3 Å². The van der Waals surface area contributed by atoms with Gasteiger partial charge in [-0.3, -0.25) is 9.59 Å². The zero-order chi connectivity index (χ0) is 18.4. The molecule has 2 N–H and O–H groups in total. The quantitative estimate of drug-likeness (QED) is 0.787. The van der Waals surface area contributed by atoms with Crippen LogP contribution in [-0.4, -0.2) is 17.9 Å². The van der Waals surface area contributed by atoms with E-state index in [9.17, 15) is 14.0 Å². The van der Waals surface area contributed by atoms with E-state index in [1.165, 1.54) is 18.4 Å². The van der Waals surface area contributed by atoms with Gasteiger partial charge in [0, 0.05) is 0 Å². The molecule has 0 saturated carbocycles. The summed E-state index contributed by atoms with van der Waals surface area (Å²) in [6.07, 6.45) is 1.91. The predicted octanol–water partition coefficient (Wildman–Crippen LogP) is 3.53. The smallest absolute Gasteiger partial charge is 0.256 e. The van der Waals surface area contributed by atoms with Gasteiger partial charge in [-0.1, -0.05) is 31.5 Å². The van der Waals surface area contributed by atoms with Gasteiger partial charge in [-0.15, -0.1) is 0 Å². The third-order valence-corrected chi connectivity index (χ3v) is 3.85. The number of nitrogens with one attached hydrogen (secondary N) is 2. The maximum atomic E-state index is 13.9. The first-order chi connectivity index (χ1) is 11.9. The molecule has 0 radical (unpaired) electrons. The number of amides is 2. The van der Waals surface area contributed by atoms with Gasteiger partial charge >= 0.3 is 0 Å². The van der Waals surface area contributed by atoms with Gasteiger partial charge in [-0.2, -0.15) is 0 Å². The van der Waals surface area contributed by atoms with Crippen molar-refractivity contribution in [2.75, 3.05) is 0 Å². The third kappa shape index (κ3) is 5.32. The summed E-state index contributed by atoms with van der Waals surface area (Å²) in [4.78, 5) is 24.8. The van der Waals surface area contributed by atoms with E-state index in [0.717, 1.165) is 6.07 Å². The van der Waals surface area contributed by atoms with Crippen molar-refractivity contribution in [3.05, 3.63) is 58.8 Å². The zero-order valence-corrected chi connectivity index (χ0v) is 14.8. The maximum Gasteiger partial charge on any atom is 0.256 e. The number of rotatable bonds is 7. The summed E-state index contributed by atoms with van der Waals surface area (Å²) in [5.74, 6) is -1.08. The van der Waals surface area contributed by atoms with Gasteiger partial charge in [0.05, 0.1) is 23.4 Å². The van der Waals surface area contributed by atoms with Gasteiger partial charge in [0.25, 0.3) is 5.91 Å². The molecule has 2 aromatic rings. The van der Waals surface area contributed by atoms with Crippen molar-refractivity contribution in [2.24, 2.45) is 5.92 Å². The lowest BCUT2D eigenvalue weighted by Crippen LogP contribution is -2.47. The molecule has 2 amide bonds. The lowest BCUT2D eigenvalue weighted by molar-refractivity contribution is -0.123. The topological polar surface area (TPSA) is 71.3 Å². The Labute approximate surface area is 150 Å². The van der Waals surface area contributed by atoms with Crippen LogP contribution in [0.1, 0.15) is 36.4 Å². The molecule has 134 valence electrons. The van der Waals surface area contributed by atoms with Crippen LogP contribution in [0.4, 0.5) is 4.39 Å². The molecular weight excluding hydrogens is 347 g/mol. The first kappa shape index (κ1) is 19.0. The average molecular weight is 367 g/mol. The van der Waals surface area contributed by atoms with Gasteiger partial charge in [0.2, 0.25) is 5.91 Å². The molecule has 1 heterocycles. The van der Waals surface area contributed by atoms with Crippen LogP contribution in [0.25, 0.3) is 0 Å².